The third-order valence-electron chi connectivity index (χ3n) is 4.04. The third-order valence-corrected chi connectivity index (χ3v) is 4.04. The summed E-state index contributed by atoms with van der Waals surface area (Å²) in [6.45, 7) is 7.44. The maximum atomic E-state index is 11.1. The van der Waals surface area contributed by atoms with Gasteiger partial charge in [-0.1, -0.05) is 0 Å². The number of amides is 1. The standard InChI is InChI=1S/C15H22N6O/c1-3-20-9-6-16-15(20)11-19-7-4-13(10-19)21-8-5-14(18-21)17-12(2)22/h5-6,8-9,13H,3-4,7,10-11H2,1-2H3,(H,17,18,22)/t13-/m1/s1. The van der Waals surface area contributed by atoms with E-state index in [2.05, 4.69) is 31.8 Å². The number of rotatable bonds is 5. The molecule has 0 unspecified atom stereocenters. The molecule has 2 aromatic heterocycles. The van der Waals surface area contributed by atoms with Gasteiger partial charge in [-0.05, 0) is 13.3 Å². The first-order valence-corrected chi connectivity index (χ1v) is 7.71. The third kappa shape index (κ3) is 3.19. The van der Waals surface area contributed by atoms with Crippen LogP contribution in [0.5, 0.6) is 0 Å². The summed E-state index contributed by atoms with van der Waals surface area (Å²) in [5, 5.41) is 7.15. The average Bonchev–Trinajstić information content (AvgIpc) is 3.18. The first-order valence-electron chi connectivity index (χ1n) is 7.71. The molecular formula is C15H22N6O. The van der Waals surface area contributed by atoms with E-state index in [1.807, 2.05) is 29.3 Å². The molecule has 2 aromatic rings. The lowest BCUT2D eigenvalue weighted by atomic mass is 10.3. The van der Waals surface area contributed by atoms with Crippen molar-refractivity contribution in [1.29, 1.82) is 0 Å². The van der Waals surface area contributed by atoms with Crippen molar-refractivity contribution in [3.63, 3.8) is 0 Å². The SMILES string of the molecule is CCn1ccnc1CN1CC[C@@H](n2ccc(NC(C)=O)n2)C1. The van der Waals surface area contributed by atoms with Crippen LogP contribution in [0.25, 0.3) is 0 Å². The van der Waals surface area contributed by atoms with Crippen molar-refractivity contribution >= 4 is 11.7 Å². The molecule has 1 aliphatic rings. The normalized spacial score (nSPS) is 18.7. The van der Waals surface area contributed by atoms with Gasteiger partial charge in [-0.15, -0.1) is 0 Å². The maximum absolute atomic E-state index is 11.1. The number of nitrogens with one attached hydrogen (secondary N) is 1. The second kappa shape index (κ2) is 6.31. The number of nitrogens with zero attached hydrogens (tertiary/aromatic N) is 5. The molecule has 22 heavy (non-hydrogen) atoms. The van der Waals surface area contributed by atoms with Gasteiger partial charge < -0.3 is 9.88 Å². The summed E-state index contributed by atoms with van der Waals surface area (Å²) in [5.74, 6) is 1.64. The van der Waals surface area contributed by atoms with Crippen molar-refractivity contribution < 1.29 is 4.79 Å². The Morgan fingerprint density at radius 2 is 2.32 bits per heavy atom. The predicted molar refractivity (Wildman–Crippen MR) is 83.4 cm³/mol. The van der Waals surface area contributed by atoms with Crippen LogP contribution in [-0.4, -0.2) is 43.2 Å². The Morgan fingerprint density at radius 1 is 1.45 bits per heavy atom. The average molecular weight is 302 g/mol. The van der Waals surface area contributed by atoms with Crippen LogP contribution < -0.4 is 5.32 Å². The minimum Gasteiger partial charge on any atom is -0.334 e. The Bertz CT molecular complexity index is 646. The van der Waals surface area contributed by atoms with Gasteiger partial charge in [0.2, 0.25) is 5.91 Å². The Balaban J connectivity index is 1.60. The second-order valence-corrected chi connectivity index (χ2v) is 5.67. The van der Waals surface area contributed by atoms with E-state index in [0.29, 0.717) is 11.9 Å². The van der Waals surface area contributed by atoms with Gasteiger partial charge in [0.25, 0.3) is 0 Å². The summed E-state index contributed by atoms with van der Waals surface area (Å²) in [5.41, 5.74) is 0. The molecule has 1 atom stereocenters. The van der Waals surface area contributed by atoms with E-state index < -0.39 is 0 Å². The monoisotopic (exact) mass is 302 g/mol. The first kappa shape index (κ1) is 14.8. The summed E-state index contributed by atoms with van der Waals surface area (Å²) in [4.78, 5) is 17.9. The molecule has 0 spiro atoms. The number of aryl methyl sites for hydroxylation is 1. The lowest BCUT2D eigenvalue weighted by Crippen LogP contribution is -2.23. The van der Waals surface area contributed by atoms with E-state index in [0.717, 1.165) is 38.4 Å². The van der Waals surface area contributed by atoms with Gasteiger partial charge in [0.05, 0.1) is 12.6 Å². The Kier molecular flexibility index (Phi) is 4.24. The Labute approximate surface area is 129 Å². The van der Waals surface area contributed by atoms with Crippen LogP contribution in [0.4, 0.5) is 5.82 Å². The Morgan fingerprint density at radius 3 is 3.09 bits per heavy atom. The molecule has 3 heterocycles. The summed E-state index contributed by atoms with van der Waals surface area (Å²) in [6, 6.07) is 2.20. The number of anilines is 1. The molecule has 3 rings (SSSR count). The summed E-state index contributed by atoms with van der Waals surface area (Å²) in [6.07, 6.45) is 6.89. The fourth-order valence-electron chi connectivity index (χ4n) is 2.94. The molecule has 7 nitrogen and oxygen atoms in total. The fraction of sp³-hybridized carbons (Fsp3) is 0.533. The zero-order valence-corrected chi connectivity index (χ0v) is 13.1. The van der Waals surface area contributed by atoms with Crippen molar-refractivity contribution in [2.75, 3.05) is 18.4 Å². The fourth-order valence-corrected chi connectivity index (χ4v) is 2.94. The molecule has 1 N–H and O–H groups in total. The molecule has 118 valence electrons. The van der Waals surface area contributed by atoms with E-state index >= 15 is 0 Å². The number of carbonyl (C=O) groups is 1. The van der Waals surface area contributed by atoms with Crippen LogP contribution in [0.1, 0.15) is 32.1 Å². The van der Waals surface area contributed by atoms with Gasteiger partial charge in [0.1, 0.15) is 5.82 Å². The molecular weight excluding hydrogens is 280 g/mol. The van der Waals surface area contributed by atoms with Crippen LogP contribution in [-0.2, 0) is 17.9 Å². The van der Waals surface area contributed by atoms with E-state index in [9.17, 15) is 4.79 Å². The number of hydrogen-bond acceptors (Lipinski definition) is 4. The highest BCUT2D eigenvalue weighted by atomic mass is 16.1. The maximum Gasteiger partial charge on any atom is 0.222 e. The molecule has 0 aliphatic carbocycles. The lowest BCUT2D eigenvalue weighted by Gasteiger charge is -2.16. The quantitative estimate of drug-likeness (QED) is 0.909. The largest absolute Gasteiger partial charge is 0.334 e. The van der Waals surface area contributed by atoms with Gasteiger partial charge in [0.15, 0.2) is 5.82 Å². The van der Waals surface area contributed by atoms with E-state index in [1.54, 1.807) is 0 Å². The van der Waals surface area contributed by atoms with E-state index in [1.165, 1.54) is 6.92 Å². The zero-order chi connectivity index (χ0) is 15.5. The smallest absolute Gasteiger partial charge is 0.222 e. The number of likely N-dealkylation sites (tertiary alicyclic amines) is 1. The van der Waals surface area contributed by atoms with Crippen molar-refractivity contribution in [2.45, 2.75) is 39.4 Å². The van der Waals surface area contributed by atoms with Gasteiger partial charge in [-0.2, -0.15) is 5.10 Å². The minimum absolute atomic E-state index is 0.0929. The van der Waals surface area contributed by atoms with Gasteiger partial charge in [-0.3, -0.25) is 14.4 Å². The molecule has 1 saturated heterocycles. The zero-order valence-electron chi connectivity index (χ0n) is 13.1. The van der Waals surface area contributed by atoms with E-state index in [-0.39, 0.29) is 5.91 Å². The van der Waals surface area contributed by atoms with Crippen molar-refractivity contribution in [3.8, 4) is 0 Å². The lowest BCUT2D eigenvalue weighted by molar-refractivity contribution is -0.114. The van der Waals surface area contributed by atoms with Gasteiger partial charge in [0, 0.05) is 51.2 Å². The highest BCUT2D eigenvalue weighted by Crippen LogP contribution is 2.23. The molecule has 0 aromatic carbocycles. The summed E-state index contributed by atoms with van der Waals surface area (Å²) >= 11 is 0. The molecule has 0 saturated carbocycles. The molecule has 1 amide bonds. The number of imidazole rings is 1. The van der Waals surface area contributed by atoms with Gasteiger partial charge >= 0.3 is 0 Å². The molecule has 1 fully saturated rings. The summed E-state index contributed by atoms with van der Waals surface area (Å²) in [7, 11) is 0. The highest BCUT2D eigenvalue weighted by Gasteiger charge is 2.25. The van der Waals surface area contributed by atoms with Crippen molar-refractivity contribution in [1.82, 2.24) is 24.2 Å². The van der Waals surface area contributed by atoms with E-state index in [4.69, 9.17) is 0 Å². The molecule has 7 heteroatoms. The number of carbonyl (C=O) groups excluding carboxylic acids is 1. The van der Waals surface area contributed by atoms with Crippen molar-refractivity contribution in [2.24, 2.45) is 0 Å². The van der Waals surface area contributed by atoms with Crippen LogP contribution in [0.15, 0.2) is 24.7 Å². The molecule has 1 aliphatic heterocycles. The predicted octanol–water partition coefficient (Wildman–Crippen LogP) is 1.50. The van der Waals surface area contributed by atoms with Crippen LogP contribution >= 0.6 is 0 Å². The van der Waals surface area contributed by atoms with Crippen LogP contribution in [0, 0.1) is 0 Å². The Hall–Kier alpha value is -2.15. The molecule has 0 bridgehead atoms. The minimum atomic E-state index is -0.0929. The van der Waals surface area contributed by atoms with Crippen LogP contribution in [0.2, 0.25) is 0 Å². The van der Waals surface area contributed by atoms with Crippen molar-refractivity contribution in [3.05, 3.63) is 30.5 Å². The second-order valence-electron chi connectivity index (χ2n) is 5.67. The van der Waals surface area contributed by atoms with Gasteiger partial charge in [-0.25, -0.2) is 4.98 Å². The first-order chi connectivity index (χ1) is 10.7. The number of aromatic nitrogens is 4. The van der Waals surface area contributed by atoms with Crippen LogP contribution in [0.3, 0.4) is 0 Å². The molecule has 0 radical (unpaired) electrons. The topological polar surface area (TPSA) is 68.0 Å². The highest BCUT2D eigenvalue weighted by molar-refractivity contribution is 5.87. The summed E-state index contributed by atoms with van der Waals surface area (Å²) < 4.78 is 4.13. The number of hydrogen-bond donors (Lipinski definition) is 1.